The van der Waals surface area contributed by atoms with Gasteiger partial charge in [-0.3, -0.25) is 0 Å². The Morgan fingerprint density at radius 3 is 1.27 bits per heavy atom. The van der Waals surface area contributed by atoms with E-state index < -0.39 is 0 Å². The molecule has 7 aliphatic carbocycles. The lowest BCUT2D eigenvalue weighted by molar-refractivity contribution is 0.161. The second kappa shape index (κ2) is 34.4. The minimum atomic E-state index is 0.283. The molecule has 3 fully saturated rings. The maximum absolute atomic E-state index is 2.45. The summed E-state index contributed by atoms with van der Waals surface area (Å²) in [4.78, 5) is 0. The van der Waals surface area contributed by atoms with Crippen LogP contribution in [0.15, 0.2) is 71.9 Å². The molecular weight excluding hydrogens is 949 g/mol. The first-order chi connectivity index (χ1) is 36.1. The van der Waals surface area contributed by atoms with Crippen LogP contribution >= 0.6 is 0 Å². The van der Waals surface area contributed by atoms with Gasteiger partial charge in [-0.1, -0.05) is 292 Å². The van der Waals surface area contributed by atoms with Crippen molar-refractivity contribution in [2.75, 3.05) is 0 Å². The first kappa shape index (κ1) is 75.5. The van der Waals surface area contributed by atoms with Gasteiger partial charge in [0.1, 0.15) is 0 Å². The van der Waals surface area contributed by atoms with E-state index in [9.17, 15) is 0 Å². The molecule has 3 unspecified atom stereocenters. The summed E-state index contributed by atoms with van der Waals surface area (Å²) in [6, 6.07) is 0. The van der Waals surface area contributed by atoms with Gasteiger partial charge in [0.15, 0.2) is 0 Å². The molecule has 0 N–H and O–H groups in total. The molecule has 0 aromatic rings. The minimum Gasteiger partial charge on any atom is -0.0846 e. The summed E-state index contributed by atoms with van der Waals surface area (Å²) in [5.74, 6) is 10.2. The van der Waals surface area contributed by atoms with E-state index in [0.29, 0.717) is 44.3 Å². The molecule has 0 heterocycles. The Morgan fingerprint density at radius 1 is 0.367 bits per heavy atom. The molecule has 79 heavy (non-hydrogen) atoms. The minimum absolute atomic E-state index is 0.283. The molecule has 0 aromatic heterocycles. The molecule has 0 nitrogen and oxygen atoms in total. The lowest BCUT2D eigenvalue weighted by Crippen LogP contribution is -2.23. The van der Waals surface area contributed by atoms with Crippen molar-refractivity contribution >= 4 is 0 Å². The fourth-order valence-corrected chi connectivity index (χ4v) is 12.8. The van der Waals surface area contributed by atoms with Gasteiger partial charge in [0.2, 0.25) is 0 Å². The molecule has 0 amide bonds. The molecule has 462 valence electrons. The molecule has 7 aliphatic rings. The number of hydrogen-bond donors (Lipinski definition) is 0. The average Bonchev–Trinajstić information content (AvgIpc) is 3.63. The average molecular weight is 1100 g/mol. The van der Waals surface area contributed by atoms with Gasteiger partial charge in [0.25, 0.3) is 0 Å². The van der Waals surface area contributed by atoms with Crippen LogP contribution in [-0.4, -0.2) is 0 Å². The van der Waals surface area contributed by atoms with Crippen LogP contribution in [0.5, 0.6) is 0 Å². The Labute approximate surface area is 500 Å². The highest BCUT2D eigenvalue weighted by Gasteiger charge is 2.30. The normalized spacial score (nSPS) is 26.4. The summed E-state index contributed by atoms with van der Waals surface area (Å²) in [6.45, 7) is 65.4. The van der Waals surface area contributed by atoms with Gasteiger partial charge >= 0.3 is 0 Å². The standard InChI is InChI=1S/2C12H24.C11H22.2C11H20.2C11H18/c1-10(2)11-6-5-8-12(3,4)9-7-11;1-10(2)11-7-5-6-8-12(3,4)9-11;5*1-9(2)10-5-7-11(3,4)8-6-10/h2*10-11H,5-9H2,1-4H3;9-10H,5-8H2,1-4H3;5,9H,6-8H2,1-4H3;5,7,9-10H,6,8H2,1-4H3;5-7,9H,8H2,1-4H3;5-10H,1-4H3. The van der Waals surface area contributed by atoms with Crippen molar-refractivity contribution in [3.05, 3.63) is 71.9 Å². The molecule has 7 rings (SSSR count). The quantitative estimate of drug-likeness (QED) is 0.176. The number of rotatable bonds is 7. The molecule has 3 atom stereocenters. The lowest BCUT2D eigenvalue weighted by atomic mass is 9.70. The fraction of sp³-hybridized carbons (Fsp3) is 0.848. The molecule has 0 spiro atoms. The summed E-state index contributed by atoms with van der Waals surface area (Å²) in [5.41, 5.74) is 6.75. The second-order valence-electron chi connectivity index (χ2n) is 34.8. The van der Waals surface area contributed by atoms with Gasteiger partial charge in [-0.25, -0.2) is 0 Å². The highest BCUT2D eigenvalue weighted by molar-refractivity contribution is 5.27. The number of allylic oxidation sites excluding steroid dienone is 12. The summed E-state index contributed by atoms with van der Waals surface area (Å²) in [5, 5.41) is 0. The van der Waals surface area contributed by atoms with Gasteiger partial charge in [-0.2, -0.15) is 0 Å². The SMILES string of the molecule is CC(C)C1=CCC(C)(C)C=C1.CC(C)C1=CCC(C)(C)CC1.CC(C)C1C=CC(C)(C)C=C1.CC(C)C1C=CC(C)(C)CC1.CC(C)C1CCC(C)(C)CC1.CC(C)C1CCCC(C)(C)CC1.CC(C)C1CCCCC(C)(C)C1. The van der Waals surface area contributed by atoms with E-state index in [0.717, 1.165) is 59.2 Å². The first-order valence-corrected chi connectivity index (χ1v) is 34.2. The van der Waals surface area contributed by atoms with Crippen molar-refractivity contribution in [3.8, 4) is 0 Å². The smallest absolute Gasteiger partial charge is 0.000483 e. The summed E-state index contributed by atoms with van der Waals surface area (Å²) in [6.07, 6.45) is 51.7. The van der Waals surface area contributed by atoms with Gasteiger partial charge in [-0.05, 0) is 205 Å². The zero-order chi connectivity index (χ0) is 60.8. The highest BCUT2D eigenvalue weighted by atomic mass is 14.4. The van der Waals surface area contributed by atoms with Gasteiger partial charge in [-0.15, -0.1) is 0 Å². The molecule has 3 saturated carbocycles. The highest BCUT2D eigenvalue weighted by Crippen LogP contribution is 2.43. The molecule has 0 radical (unpaired) electrons. The molecule has 0 heteroatoms. The van der Waals surface area contributed by atoms with Gasteiger partial charge in [0, 0.05) is 5.41 Å². The Hall–Kier alpha value is -1.56. The van der Waals surface area contributed by atoms with E-state index in [1.165, 1.54) is 134 Å². The Kier molecular flexibility index (Phi) is 32.9. The van der Waals surface area contributed by atoms with Crippen molar-refractivity contribution in [1.82, 2.24) is 0 Å². The third kappa shape index (κ3) is 33.5. The van der Waals surface area contributed by atoms with Crippen LogP contribution in [0.25, 0.3) is 0 Å². The van der Waals surface area contributed by atoms with E-state index in [-0.39, 0.29) is 5.41 Å². The van der Waals surface area contributed by atoms with Crippen molar-refractivity contribution in [2.24, 2.45) is 109 Å². The number of hydrogen-bond acceptors (Lipinski definition) is 0. The molecule has 0 aromatic carbocycles. The van der Waals surface area contributed by atoms with Crippen molar-refractivity contribution in [2.45, 2.75) is 322 Å². The van der Waals surface area contributed by atoms with E-state index in [4.69, 9.17) is 0 Å². The summed E-state index contributed by atoms with van der Waals surface area (Å²) < 4.78 is 0. The second-order valence-corrected chi connectivity index (χ2v) is 34.8. The maximum atomic E-state index is 2.45. The fourth-order valence-electron chi connectivity index (χ4n) is 12.8. The van der Waals surface area contributed by atoms with Crippen LogP contribution in [0.2, 0.25) is 0 Å². The predicted molar refractivity (Wildman–Crippen MR) is 363 cm³/mol. The molecule has 0 bridgehead atoms. The van der Waals surface area contributed by atoms with Gasteiger partial charge < -0.3 is 0 Å². The van der Waals surface area contributed by atoms with Crippen LogP contribution in [0.1, 0.15) is 322 Å². The third-order valence-electron chi connectivity index (χ3n) is 20.4. The Bertz CT molecular complexity index is 1790. The van der Waals surface area contributed by atoms with Gasteiger partial charge in [0.05, 0.1) is 0 Å². The zero-order valence-electron chi connectivity index (χ0n) is 59.3. The Balaban J connectivity index is 0.000000461. The van der Waals surface area contributed by atoms with Crippen LogP contribution in [-0.2, 0) is 0 Å². The topological polar surface area (TPSA) is 0 Å². The van der Waals surface area contributed by atoms with E-state index in [2.05, 4.69) is 255 Å². The van der Waals surface area contributed by atoms with Crippen molar-refractivity contribution < 1.29 is 0 Å². The molecule has 0 saturated heterocycles. The monoisotopic (exact) mass is 1100 g/mol. The molecular formula is C79H146. The van der Waals surface area contributed by atoms with E-state index in [1.54, 1.807) is 5.57 Å². The lowest BCUT2D eigenvalue weighted by Gasteiger charge is -2.36. The van der Waals surface area contributed by atoms with Crippen LogP contribution < -0.4 is 0 Å². The van der Waals surface area contributed by atoms with Crippen LogP contribution in [0, 0.1) is 109 Å². The van der Waals surface area contributed by atoms with Crippen molar-refractivity contribution in [1.29, 1.82) is 0 Å². The first-order valence-electron chi connectivity index (χ1n) is 34.2. The predicted octanol–water partition coefficient (Wildman–Crippen LogP) is 26.7. The molecule has 0 aliphatic heterocycles. The Morgan fingerprint density at radius 2 is 0.861 bits per heavy atom. The van der Waals surface area contributed by atoms with E-state index >= 15 is 0 Å². The van der Waals surface area contributed by atoms with E-state index in [1.807, 2.05) is 0 Å². The summed E-state index contributed by atoms with van der Waals surface area (Å²) >= 11 is 0. The zero-order valence-corrected chi connectivity index (χ0v) is 59.3. The van der Waals surface area contributed by atoms with Crippen molar-refractivity contribution in [3.63, 3.8) is 0 Å². The largest absolute Gasteiger partial charge is 0.0846 e. The van der Waals surface area contributed by atoms with Crippen LogP contribution in [0.3, 0.4) is 0 Å². The third-order valence-corrected chi connectivity index (χ3v) is 20.4. The van der Waals surface area contributed by atoms with Crippen LogP contribution in [0.4, 0.5) is 0 Å². The maximum Gasteiger partial charge on any atom is 0.000483 e. The summed E-state index contributed by atoms with van der Waals surface area (Å²) in [7, 11) is 0.